The van der Waals surface area contributed by atoms with Crippen LogP contribution in [0.2, 0.25) is 0 Å². The number of hydrogen-bond donors (Lipinski definition) is 1. The van der Waals surface area contributed by atoms with Gasteiger partial charge < -0.3 is 9.80 Å². The van der Waals surface area contributed by atoms with E-state index in [-0.39, 0.29) is 17.9 Å². The molecular weight excluding hydrogens is 378 g/mol. The Balaban J connectivity index is 1.54. The number of nitrogens with one attached hydrogen (secondary N) is 1. The molecule has 7 heteroatoms. The molecular formula is C23H19N5O2. The fourth-order valence-electron chi connectivity index (χ4n) is 4.44. The summed E-state index contributed by atoms with van der Waals surface area (Å²) in [4.78, 5) is 28.4. The van der Waals surface area contributed by atoms with Crippen LogP contribution in [0.25, 0.3) is 22.0 Å². The number of rotatable bonds is 3. The van der Waals surface area contributed by atoms with E-state index < -0.39 is 0 Å². The van der Waals surface area contributed by atoms with Crippen molar-refractivity contribution in [1.29, 1.82) is 5.26 Å². The number of H-pyrrole nitrogens is 1. The lowest BCUT2D eigenvalue weighted by atomic mass is 9.92. The van der Waals surface area contributed by atoms with Crippen LogP contribution in [0, 0.1) is 18.3 Å². The van der Waals surface area contributed by atoms with Crippen LogP contribution < -0.4 is 0 Å². The molecule has 2 aliphatic rings. The number of amides is 2. The van der Waals surface area contributed by atoms with Crippen LogP contribution in [0.1, 0.15) is 27.0 Å². The third-order valence-electron chi connectivity index (χ3n) is 6.10. The molecule has 0 bridgehead atoms. The summed E-state index contributed by atoms with van der Waals surface area (Å²) in [5.41, 5.74) is 5.60. The summed E-state index contributed by atoms with van der Waals surface area (Å²) in [5.74, 6) is -0.213. The number of benzene rings is 2. The highest BCUT2D eigenvalue weighted by Gasteiger charge is 2.41. The molecule has 2 aliphatic heterocycles. The fourth-order valence-corrected chi connectivity index (χ4v) is 4.44. The summed E-state index contributed by atoms with van der Waals surface area (Å²) in [6.45, 7) is 6.90. The van der Waals surface area contributed by atoms with E-state index in [1.54, 1.807) is 16.0 Å². The molecule has 1 N–H and O–H groups in total. The number of carbonyl (C=O) groups excluding carboxylic acids is 2. The van der Waals surface area contributed by atoms with E-state index in [0.29, 0.717) is 30.8 Å². The number of hydrogen-bond acceptors (Lipinski definition) is 4. The molecule has 7 nitrogen and oxygen atoms in total. The van der Waals surface area contributed by atoms with Gasteiger partial charge in [0.1, 0.15) is 0 Å². The lowest BCUT2D eigenvalue weighted by Gasteiger charge is -2.43. The maximum atomic E-state index is 13.2. The van der Waals surface area contributed by atoms with Crippen molar-refractivity contribution < 1.29 is 9.59 Å². The summed E-state index contributed by atoms with van der Waals surface area (Å²) >= 11 is 0. The third-order valence-corrected chi connectivity index (χ3v) is 6.10. The maximum Gasteiger partial charge on any atom is 0.254 e. The topological polar surface area (TPSA) is 93.1 Å². The summed E-state index contributed by atoms with van der Waals surface area (Å²) < 4.78 is 0. The highest BCUT2D eigenvalue weighted by atomic mass is 16.2. The van der Waals surface area contributed by atoms with Crippen molar-refractivity contribution in [3.05, 3.63) is 65.4 Å². The summed E-state index contributed by atoms with van der Waals surface area (Å²) in [7, 11) is 0. The third kappa shape index (κ3) is 2.54. The van der Waals surface area contributed by atoms with Gasteiger partial charge in [-0.05, 0) is 47.9 Å². The summed E-state index contributed by atoms with van der Waals surface area (Å²) in [5, 5.41) is 17.8. The number of fused-ring (bicyclic) bond motifs is 2. The Bertz CT molecular complexity index is 1280. The number of carbonyl (C=O) groups is 2. The minimum absolute atomic E-state index is 0.0390. The fraction of sp³-hybridized carbons (Fsp3) is 0.217. The zero-order valence-electron chi connectivity index (χ0n) is 16.5. The Morgan fingerprint density at radius 1 is 1.37 bits per heavy atom. The van der Waals surface area contributed by atoms with Crippen LogP contribution in [0.4, 0.5) is 0 Å². The Labute approximate surface area is 173 Å². The molecule has 0 spiro atoms. The molecule has 0 unspecified atom stereocenters. The lowest BCUT2D eigenvalue weighted by molar-refractivity contribution is -0.132. The molecule has 0 radical (unpaired) electrons. The van der Waals surface area contributed by atoms with Gasteiger partial charge in [0, 0.05) is 36.1 Å². The van der Waals surface area contributed by atoms with Gasteiger partial charge in [-0.2, -0.15) is 10.4 Å². The second-order valence-corrected chi connectivity index (χ2v) is 7.78. The van der Waals surface area contributed by atoms with Crippen molar-refractivity contribution in [1.82, 2.24) is 20.0 Å². The molecule has 0 saturated carbocycles. The number of likely N-dealkylation sites (tertiary alicyclic amines) is 1. The van der Waals surface area contributed by atoms with E-state index in [2.05, 4.69) is 22.8 Å². The first-order valence-electron chi connectivity index (χ1n) is 9.74. The van der Waals surface area contributed by atoms with Gasteiger partial charge in [0.15, 0.2) is 0 Å². The van der Waals surface area contributed by atoms with Gasteiger partial charge in [0.05, 0.1) is 29.4 Å². The summed E-state index contributed by atoms with van der Waals surface area (Å²) in [6.07, 6.45) is 3.06. The molecule has 3 heterocycles. The largest absolute Gasteiger partial charge is 0.335 e. The van der Waals surface area contributed by atoms with Gasteiger partial charge in [-0.3, -0.25) is 14.7 Å². The molecule has 0 aliphatic carbocycles. The van der Waals surface area contributed by atoms with Crippen molar-refractivity contribution in [2.45, 2.75) is 19.5 Å². The van der Waals surface area contributed by atoms with Crippen LogP contribution in [0.15, 0.2) is 43.1 Å². The maximum absolute atomic E-state index is 13.2. The number of aromatic nitrogens is 2. The Morgan fingerprint density at radius 2 is 2.17 bits per heavy atom. The highest BCUT2D eigenvalue weighted by molar-refractivity contribution is 6.03. The van der Waals surface area contributed by atoms with Gasteiger partial charge in [0.25, 0.3) is 5.91 Å². The van der Waals surface area contributed by atoms with E-state index in [9.17, 15) is 14.9 Å². The van der Waals surface area contributed by atoms with Crippen LogP contribution in [-0.2, 0) is 11.3 Å². The highest BCUT2D eigenvalue weighted by Crippen LogP contribution is 2.37. The molecule has 3 aromatic rings. The predicted molar refractivity (Wildman–Crippen MR) is 111 cm³/mol. The van der Waals surface area contributed by atoms with E-state index in [4.69, 9.17) is 0 Å². The first-order chi connectivity index (χ1) is 14.5. The standard InChI is InChI=1S/C23H19N5O2/c1-3-21(29)27-10-16(11-27)28-12-19-15(8-24)6-14(7-17(19)23(28)30)22-13(2)4-5-20-18(22)9-25-26-20/h3-7,9,16H,1,10-12H2,2H3,(H,25,26). The Kier molecular flexibility index (Phi) is 3.97. The number of nitrogens with zero attached hydrogens (tertiary/aromatic N) is 4. The first-order valence-corrected chi connectivity index (χ1v) is 9.74. The van der Waals surface area contributed by atoms with E-state index in [1.165, 1.54) is 6.08 Å². The SMILES string of the molecule is C=CC(=O)N1CC(N2Cc3c(C#N)cc(-c4c(C)ccc5[nH]ncc45)cc3C2=O)C1. The van der Waals surface area contributed by atoms with Crippen molar-refractivity contribution in [2.24, 2.45) is 0 Å². The molecule has 1 saturated heterocycles. The van der Waals surface area contributed by atoms with Crippen LogP contribution in [0.3, 0.4) is 0 Å². The smallest absolute Gasteiger partial charge is 0.254 e. The van der Waals surface area contributed by atoms with Crippen LogP contribution in [0.5, 0.6) is 0 Å². The quantitative estimate of drug-likeness (QED) is 0.688. The van der Waals surface area contributed by atoms with Gasteiger partial charge >= 0.3 is 0 Å². The molecule has 1 fully saturated rings. The zero-order valence-corrected chi connectivity index (χ0v) is 16.5. The minimum Gasteiger partial charge on any atom is -0.335 e. The molecule has 5 rings (SSSR count). The summed E-state index contributed by atoms with van der Waals surface area (Å²) in [6, 6.07) is 9.95. The molecule has 1 aromatic heterocycles. The van der Waals surface area contributed by atoms with Gasteiger partial charge in [-0.15, -0.1) is 0 Å². The van der Waals surface area contributed by atoms with Crippen molar-refractivity contribution in [2.75, 3.05) is 13.1 Å². The monoisotopic (exact) mass is 397 g/mol. The molecule has 30 heavy (non-hydrogen) atoms. The lowest BCUT2D eigenvalue weighted by Crippen LogP contribution is -2.60. The number of nitriles is 1. The first kappa shape index (κ1) is 18.1. The number of aromatic amines is 1. The average molecular weight is 397 g/mol. The van der Waals surface area contributed by atoms with E-state index in [1.807, 2.05) is 31.2 Å². The van der Waals surface area contributed by atoms with E-state index >= 15 is 0 Å². The second kappa shape index (κ2) is 6.56. The Hall–Kier alpha value is -3.92. The van der Waals surface area contributed by atoms with Crippen molar-refractivity contribution in [3.63, 3.8) is 0 Å². The van der Waals surface area contributed by atoms with Crippen molar-refractivity contribution in [3.8, 4) is 17.2 Å². The van der Waals surface area contributed by atoms with Crippen molar-refractivity contribution >= 4 is 22.7 Å². The minimum atomic E-state index is -0.126. The van der Waals surface area contributed by atoms with Crippen LogP contribution >= 0.6 is 0 Å². The number of aryl methyl sites for hydroxylation is 1. The zero-order chi connectivity index (χ0) is 21.0. The average Bonchev–Trinajstić information content (AvgIpc) is 3.31. The Morgan fingerprint density at radius 3 is 2.90 bits per heavy atom. The predicted octanol–water partition coefficient (Wildman–Crippen LogP) is 2.76. The molecule has 2 aromatic carbocycles. The second-order valence-electron chi connectivity index (χ2n) is 7.78. The van der Waals surface area contributed by atoms with E-state index in [0.717, 1.165) is 33.2 Å². The van der Waals surface area contributed by atoms with Gasteiger partial charge in [0.2, 0.25) is 5.91 Å². The molecule has 148 valence electrons. The molecule has 0 atom stereocenters. The van der Waals surface area contributed by atoms with Gasteiger partial charge in [-0.25, -0.2) is 0 Å². The molecule has 2 amide bonds. The van der Waals surface area contributed by atoms with Crippen LogP contribution in [-0.4, -0.2) is 50.9 Å². The normalized spacial score (nSPS) is 15.8. The van der Waals surface area contributed by atoms with Gasteiger partial charge in [-0.1, -0.05) is 12.6 Å².